The van der Waals surface area contributed by atoms with Crippen molar-refractivity contribution in [3.05, 3.63) is 41.2 Å². The Morgan fingerprint density at radius 3 is 2.92 bits per heavy atom. The first-order valence-electron chi connectivity index (χ1n) is 8.44. The van der Waals surface area contributed by atoms with Crippen LogP contribution in [0.3, 0.4) is 0 Å². The number of nitrogens with zero attached hydrogens (tertiary/aromatic N) is 6. The van der Waals surface area contributed by atoms with E-state index in [0.717, 1.165) is 37.6 Å². The predicted octanol–water partition coefficient (Wildman–Crippen LogP) is 1.95. The van der Waals surface area contributed by atoms with E-state index in [0.29, 0.717) is 11.6 Å². The van der Waals surface area contributed by atoms with Crippen LogP contribution in [0.4, 0.5) is 11.6 Å². The summed E-state index contributed by atoms with van der Waals surface area (Å²) >= 11 is 0. The van der Waals surface area contributed by atoms with Gasteiger partial charge in [0.05, 0.1) is 17.3 Å². The van der Waals surface area contributed by atoms with E-state index in [-0.39, 0.29) is 0 Å². The number of likely N-dealkylation sites (N-methyl/N-ethyl adjacent to an activating group) is 1. The SMILES string of the molecule is CN(c1ncccc1C#N)C1CN(c2cc3c(nn2)CCCC3)C1. The van der Waals surface area contributed by atoms with Gasteiger partial charge in [0.25, 0.3) is 0 Å². The number of fused-ring (bicyclic) bond motifs is 1. The Morgan fingerprint density at radius 1 is 1.25 bits per heavy atom. The van der Waals surface area contributed by atoms with Crippen LogP contribution in [0.15, 0.2) is 24.4 Å². The quantitative estimate of drug-likeness (QED) is 0.861. The van der Waals surface area contributed by atoms with Crippen molar-refractivity contribution < 1.29 is 0 Å². The van der Waals surface area contributed by atoms with Gasteiger partial charge < -0.3 is 9.80 Å². The molecule has 1 aliphatic carbocycles. The second kappa shape index (κ2) is 6.08. The van der Waals surface area contributed by atoms with Gasteiger partial charge in [0.15, 0.2) is 5.82 Å². The first-order chi connectivity index (χ1) is 11.8. The van der Waals surface area contributed by atoms with Crippen molar-refractivity contribution in [2.75, 3.05) is 29.9 Å². The zero-order chi connectivity index (χ0) is 16.5. The second-order valence-corrected chi connectivity index (χ2v) is 6.54. The van der Waals surface area contributed by atoms with Crippen molar-refractivity contribution in [2.45, 2.75) is 31.7 Å². The van der Waals surface area contributed by atoms with Crippen LogP contribution in [0.25, 0.3) is 0 Å². The summed E-state index contributed by atoms with van der Waals surface area (Å²) < 4.78 is 0. The Morgan fingerprint density at radius 2 is 2.08 bits per heavy atom. The third-order valence-electron chi connectivity index (χ3n) is 5.03. The smallest absolute Gasteiger partial charge is 0.151 e. The molecular weight excluding hydrogens is 300 g/mol. The van der Waals surface area contributed by atoms with Gasteiger partial charge in [-0.1, -0.05) is 0 Å². The lowest BCUT2D eigenvalue weighted by molar-refractivity contribution is 0.486. The highest BCUT2D eigenvalue weighted by molar-refractivity contribution is 5.56. The largest absolute Gasteiger partial charge is 0.352 e. The van der Waals surface area contributed by atoms with Gasteiger partial charge in [0.2, 0.25) is 0 Å². The van der Waals surface area contributed by atoms with Crippen LogP contribution in [0, 0.1) is 11.3 Å². The molecule has 2 aliphatic rings. The molecule has 4 rings (SSSR count). The third kappa shape index (κ3) is 2.56. The van der Waals surface area contributed by atoms with Gasteiger partial charge in [-0.05, 0) is 49.4 Å². The van der Waals surface area contributed by atoms with Crippen LogP contribution in [-0.2, 0) is 12.8 Å². The highest BCUT2D eigenvalue weighted by Crippen LogP contribution is 2.28. The number of aromatic nitrogens is 3. The van der Waals surface area contributed by atoms with Crippen LogP contribution in [0.5, 0.6) is 0 Å². The van der Waals surface area contributed by atoms with Crippen LogP contribution >= 0.6 is 0 Å². The lowest BCUT2D eigenvalue weighted by atomic mass is 9.96. The van der Waals surface area contributed by atoms with Gasteiger partial charge >= 0.3 is 0 Å². The monoisotopic (exact) mass is 320 g/mol. The summed E-state index contributed by atoms with van der Waals surface area (Å²) in [4.78, 5) is 8.71. The Labute approximate surface area is 141 Å². The van der Waals surface area contributed by atoms with Gasteiger partial charge in [0.1, 0.15) is 11.9 Å². The zero-order valence-electron chi connectivity index (χ0n) is 13.8. The van der Waals surface area contributed by atoms with E-state index in [1.807, 2.05) is 13.1 Å². The molecule has 1 aliphatic heterocycles. The van der Waals surface area contributed by atoms with Gasteiger partial charge in [-0.2, -0.15) is 10.4 Å². The fourth-order valence-electron chi connectivity index (χ4n) is 3.46. The zero-order valence-corrected chi connectivity index (χ0v) is 13.8. The Bertz CT molecular complexity index is 790. The molecule has 0 spiro atoms. The first kappa shape index (κ1) is 14.9. The molecular formula is C18H20N6. The fraction of sp³-hybridized carbons (Fsp3) is 0.444. The minimum atomic E-state index is 0.338. The average molecular weight is 320 g/mol. The summed E-state index contributed by atoms with van der Waals surface area (Å²) in [6, 6.07) is 8.37. The van der Waals surface area contributed by atoms with Crippen LogP contribution < -0.4 is 9.80 Å². The number of aryl methyl sites for hydroxylation is 2. The second-order valence-electron chi connectivity index (χ2n) is 6.54. The maximum absolute atomic E-state index is 9.24. The van der Waals surface area contributed by atoms with Crippen molar-refractivity contribution in [1.82, 2.24) is 15.2 Å². The predicted molar refractivity (Wildman–Crippen MR) is 92.0 cm³/mol. The topological polar surface area (TPSA) is 68.9 Å². The van der Waals surface area contributed by atoms with E-state index in [2.05, 4.69) is 37.1 Å². The van der Waals surface area contributed by atoms with E-state index >= 15 is 0 Å². The van der Waals surface area contributed by atoms with Crippen molar-refractivity contribution in [2.24, 2.45) is 0 Å². The molecule has 6 nitrogen and oxygen atoms in total. The van der Waals surface area contributed by atoms with Crippen molar-refractivity contribution in [1.29, 1.82) is 5.26 Å². The molecule has 0 unspecified atom stereocenters. The summed E-state index contributed by atoms with van der Waals surface area (Å²) in [5, 5.41) is 18.1. The lowest BCUT2D eigenvalue weighted by Crippen LogP contribution is -2.59. The molecule has 1 fully saturated rings. The van der Waals surface area contributed by atoms with Crippen molar-refractivity contribution >= 4 is 11.6 Å². The van der Waals surface area contributed by atoms with Crippen LogP contribution in [0.1, 0.15) is 29.7 Å². The summed E-state index contributed by atoms with van der Waals surface area (Å²) in [7, 11) is 2.00. The molecule has 0 N–H and O–H groups in total. The van der Waals surface area contributed by atoms with E-state index in [1.54, 1.807) is 12.3 Å². The molecule has 1 saturated heterocycles. The Hall–Kier alpha value is -2.68. The molecule has 0 aromatic carbocycles. The van der Waals surface area contributed by atoms with Crippen molar-refractivity contribution in [3.63, 3.8) is 0 Å². The van der Waals surface area contributed by atoms with E-state index in [9.17, 15) is 5.26 Å². The molecule has 6 heteroatoms. The Balaban J connectivity index is 1.45. The summed E-state index contributed by atoms with van der Waals surface area (Å²) in [5.41, 5.74) is 3.15. The molecule has 0 bridgehead atoms. The Kier molecular flexibility index (Phi) is 3.77. The average Bonchev–Trinajstić information content (AvgIpc) is 2.60. The minimum Gasteiger partial charge on any atom is -0.352 e. The van der Waals surface area contributed by atoms with Crippen LogP contribution in [-0.4, -0.2) is 41.4 Å². The third-order valence-corrected chi connectivity index (χ3v) is 5.03. The fourth-order valence-corrected chi connectivity index (χ4v) is 3.46. The van der Waals surface area contributed by atoms with Gasteiger partial charge in [0, 0.05) is 26.3 Å². The van der Waals surface area contributed by atoms with E-state index in [4.69, 9.17) is 0 Å². The molecule has 0 radical (unpaired) electrons. The van der Waals surface area contributed by atoms with E-state index < -0.39 is 0 Å². The normalized spacial score (nSPS) is 16.9. The summed E-state index contributed by atoms with van der Waals surface area (Å²) in [5.74, 6) is 1.73. The molecule has 2 aromatic rings. The first-order valence-corrected chi connectivity index (χ1v) is 8.44. The number of rotatable bonds is 3. The molecule has 0 amide bonds. The molecule has 122 valence electrons. The van der Waals surface area contributed by atoms with Gasteiger partial charge in [-0.15, -0.1) is 5.10 Å². The molecule has 0 saturated carbocycles. The number of anilines is 2. The van der Waals surface area contributed by atoms with E-state index in [1.165, 1.54) is 24.1 Å². The van der Waals surface area contributed by atoms with Crippen molar-refractivity contribution in [3.8, 4) is 6.07 Å². The maximum atomic E-state index is 9.24. The molecule has 2 aromatic heterocycles. The molecule has 0 atom stereocenters. The minimum absolute atomic E-state index is 0.338. The lowest BCUT2D eigenvalue weighted by Gasteiger charge is -2.45. The number of nitriles is 1. The maximum Gasteiger partial charge on any atom is 0.151 e. The number of hydrogen-bond donors (Lipinski definition) is 0. The number of pyridine rings is 1. The number of hydrogen-bond acceptors (Lipinski definition) is 6. The highest BCUT2D eigenvalue weighted by Gasteiger charge is 2.33. The van der Waals surface area contributed by atoms with Crippen LogP contribution in [0.2, 0.25) is 0 Å². The summed E-state index contributed by atoms with van der Waals surface area (Å²) in [6.45, 7) is 1.76. The molecule has 3 heterocycles. The molecule has 24 heavy (non-hydrogen) atoms. The summed E-state index contributed by atoms with van der Waals surface area (Å²) in [6.07, 6.45) is 6.39. The standard InChI is InChI=1S/C18H20N6/c1-23(18-14(10-19)6-4-8-20-18)15-11-24(12-15)17-9-13-5-2-3-7-16(13)21-22-17/h4,6,8-9,15H,2-3,5,7,11-12H2,1H3. The van der Waals surface area contributed by atoms with Gasteiger partial charge in [-0.3, -0.25) is 0 Å². The van der Waals surface area contributed by atoms with Gasteiger partial charge in [-0.25, -0.2) is 4.98 Å². The highest BCUT2D eigenvalue weighted by atomic mass is 15.4.